The van der Waals surface area contributed by atoms with Crippen LogP contribution < -0.4 is 19.5 Å². The van der Waals surface area contributed by atoms with Gasteiger partial charge in [0.15, 0.2) is 11.5 Å². The fourth-order valence-electron chi connectivity index (χ4n) is 2.68. The number of hydrogen-bond donors (Lipinski definition) is 2. The van der Waals surface area contributed by atoms with Gasteiger partial charge in [-0.2, -0.15) is 0 Å². The lowest BCUT2D eigenvalue weighted by atomic mass is 10.3. The highest BCUT2D eigenvalue weighted by atomic mass is 32.2. The van der Waals surface area contributed by atoms with E-state index < -0.39 is 10.0 Å². The van der Waals surface area contributed by atoms with E-state index in [-0.39, 0.29) is 17.3 Å². The van der Waals surface area contributed by atoms with Gasteiger partial charge in [-0.05, 0) is 12.1 Å². The highest BCUT2D eigenvalue weighted by Crippen LogP contribution is 2.32. The predicted octanol–water partition coefficient (Wildman–Crippen LogP) is -0.815. The van der Waals surface area contributed by atoms with Crippen LogP contribution in [0.15, 0.2) is 23.1 Å². The summed E-state index contributed by atoms with van der Waals surface area (Å²) in [4.78, 5) is 14.1. The minimum absolute atomic E-state index is 0.0304. The van der Waals surface area contributed by atoms with Gasteiger partial charge in [-0.1, -0.05) is 0 Å². The molecule has 1 aromatic rings. The first-order chi connectivity index (χ1) is 12.5. The molecular formula is C16H23N3O6S. The number of nitrogens with one attached hydrogen (secondary N) is 2. The molecule has 1 saturated heterocycles. The number of morpholine rings is 1. The molecule has 0 spiro atoms. The van der Waals surface area contributed by atoms with Crippen LogP contribution >= 0.6 is 0 Å². The Morgan fingerprint density at radius 3 is 2.58 bits per heavy atom. The molecule has 144 valence electrons. The van der Waals surface area contributed by atoms with Gasteiger partial charge in [0.2, 0.25) is 15.9 Å². The summed E-state index contributed by atoms with van der Waals surface area (Å²) in [6.07, 6.45) is 0. The maximum absolute atomic E-state index is 12.3. The van der Waals surface area contributed by atoms with Crippen LogP contribution in [-0.4, -0.2) is 78.4 Å². The molecule has 0 unspecified atom stereocenters. The number of rotatable bonds is 7. The zero-order chi connectivity index (χ0) is 18.4. The van der Waals surface area contributed by atoms with Crippen LogP contribution in [0.2, 0.25) is 0 Å². The Hall–Kier alpha value is -1.88. The normalized spacial score (nSPS) is 17.7. The lowest BCUT2D eigenvalue weighted by Crippen LogP contribution is -2.43. The second-order valence-electron chi connectivity index (χ2n) is 5.93. The van der Waals surface area contributed by atoms with Crippen LogP contribution in [0.5, 0.6) is 11.5 Å². The topological polar surface area (TPSA) is 106 Å². The molecule has 0 atom stereocenters. The molecule has 0 aromatic heterocycles. The number of nitrogens with zero attached hydrogens (tertiary/aromatic N) is 1. The van der Waals surface area contributed by atoms with Crippen molar-refractivity contribution in [3.63, 3.8) is 0 Å². The molecule has 26 heavy (non-hydrogen) atoms. The summed E-state index contributed by atoms with van der Waals surface area (Å²) in [5.41, 5.74) is 0. The Morgan fingerprint density at radius 1 is 1.08 bits per heavy atom. The van der Waals surface area contributed by atoms with Gasteiger partial charge in [-0.3, -0.25) is 9.69 Å². The van der Waals surface area contributed by atoms with E-state index in [1.165, 1.54) is 12.1 Å². The van der Waals surface area contributed by atoms with Crippen molar-refractivity contribution in [2.45, 2.75) is 4.90 Å². The maximum atomic E-state index is 12.3. The Labute approximate surface area is 152 Å². The summed E-state index contributed by atoms with van der Waals surface area (Å²) < 4.78 is 43.0. The Kier molecular flexibility index (Phi) is 6.30. The summed E-state index contributed by atoms with van der Waals surface area (Å²) in [5.74, 6) is 0.518. The summed E-state index contributed by atoms with van der Waals surface area (Å²) in [7, 11) is -3.81. The largest absolute Gasteiger partial charge is 0.486 e. The van der Waals surface area contributed by atoms with E-state index in [1.807, 2.05) is 0 Å². The zero-order valence-corrected chi connectivity index (χ0v) is 15.2. The summed E-state index contributed by atoms with van der Waals surface area (Å²) >= 11 is 0. The highest BCUT2D eigenvalue weighted by Gasteiger charge is 2.20. The molecule has 0 saturated carbocycles. The molecule has 2 N–H and O–H groups in total. The lowest BCUT2D eigenvalue weighted by molar-refractivity contribution is -0.120. The van der Waals surface area contributed by atoms with Crippen LogP contribution in [0.3, 0.4) is 0 Å². The third kappa shape index (κ3) is 5.07. The van der Waals surface area contributed by atoms with Crippen molar-refractivity contribution in [2.75, 3.05) is 59.2 Å². The standard InChI is InChI=1S/C16H23N3O6S/c20-16(17-3-4-19-5-7-23-8-6-19)12-18-26(21,22)13-1-2-14-15(11-13)25-10-9-24-14/h1-2,11,18H,3-10,12H2,(H,17,20). The molecule has 1 amide bonds. The van der Waals surface area contributed by atoms with Gasteiger partial charge >= 0.3 is 0 Å². The number of benzene rings is 1. The van der Waals surface area contributed by atoms with Crippen LogP contribution in [0.25, 0.3) is 0 Å². The van der Waals surface area contributed by atoms with Crippen molar-refractivity contribution in [3.8, 4) is 11.5 Å². The average molecular weight is 385 g/mol. The quantitative estimate of drug-likeness (QED) is 0.632. The molecule has 0 aliphatic carbocycles. The van der Waals surface area contributed by atoms with Crippen molar-refractivity contribution in [2.24, 2.45) is 0 Å². The lowest BCUT2D eigenvalue weighted by Gasteiger charge is -2.26. The second kappa shape index (κ2) is 8.67. The molecule has 0 bridgehead atoms. The third-order valence-electron chi connectivity index (χ3n) is 4.10. The molecule has 0 radical (unpaired) electrons. The molecule has 2 heterocycles. The van der Waals surface area contributed by atoms with Gasteiger partial charge in [0.25, 0.3) is 0 Å². The minimum Gasteiger partial charge on any atom is -0.486 e. The van der Waals surface area contributed by atoms with Crippen LogP contribution in [0.4, 0.5) is 0 Å². The zero-order valence-electron chi connectivity index (χ0n) is 14.4. The number of carbonyl (C=O) groups excluding carboxylic acids is 1. The summed E-state index contributed by atoms with van der Waals surface area (Å²) in [6.45, 7) is 4.73. The molecule has 3 rings (SSSR count). The van der Waals surface area contributed by atoms with Crippen molar-refractivity contribution in [3.05, 3.63) is 18.2 Å². The smallest absolute Gasteiger partial charge is 0.241 e. The average Bonchev–Trinajstić information content (AvgIpc) is 2.67. The first-order valence-electron chi connectivity index (χ1n) is 8.51. The van der Waals surface area contributed by atoms with Crippen LogP contribution in [-0.2, 0) is 19.6 Å². The second-order valence-corrected chi connectivity index (χ2v) is 7.70. The molecule has 2 aliphatic heterocycles. The van der Waals surface area contributed by atoms with Gasteiger partial charge in [0.05, 0.1) is 24.7 Å². The van der Waals surface area contributed by atoms with Gasteiger partial charge in [-0.25, -0.2) is 13.1 Å². The Bertz CT molecular complexity index is 734. The maximum Gasteiger partial charge on any atom is 0.241 e. The molecular weight excluding hydrogens is 362 g/mol. The van der Waals surface area contributed by atoms with E-state index in [2.05, 4.69) is 14.9 Å². The van der Waals surface area contributed by atoms with Gasteiger partial charge in [0.1, 0.15) is 13.2 Å². The number of hydrogen-bond acceptors (Lipinski definition) is 7. The van der Waals surface area contributed by atoms with E-state index in [0.29, 0.717) is 51.0 Å². The van der Waals surface area contributed by atoms with Gasteiger partial charge in [0, 0.05) is 32.2 Å². The number of amides is 1. The SMILES string of the molecule is O=C(CNS(=O)(=O)c1ccc2c(c1)OCCO2)NCCN1CCOCC1. The number of carbonyl (C=O) groups is 1. The van der Waals surface area contributed by atoms with Gasteiger partial charge < -0.3 is 19.5 Å². The highest BCUT2D eigenvalue weighted by molar-refractivity contribution is 7.89. The van der Waals surface area contributed by atoms with Crippen LogP contribution in [0.1, 0.15) is 0 Å². The van der Waals surface area contributed by atoms with E-state index in [9.17, 15) is 13.2 Å². The molecule has 2 aliphatic rings. The van der Waals surface area contributed by atoms with E-state index in [4.69, 9.17) is 14.2 Å². The third-order valence-corrected chi connectivity index (χ3v) is 5.50. The molecule has 1 fully saturated rings. The van der Waals surface area contributed by atoms with E-state index in [0.717, 1.165) is 13.1 Å². The fourth-order valence-corrected chi connectivity index (χ4v) is 3.67. The molecule has 1 aromatic carbocycles. The van der Waals surface area contributed by atoms with Crippen molar-refractivity contribution >= 4 is 15.9 Å². The number of ether oxygens (including phenoxy) is 3. The predicted molar refractivity (Wildman–Crippen MR) is 92.9 cm³/mol. The van der Waals surface area contributed by atoms with Crippen molar-refractivity contribution in [1.82, 2.24) is 14.9 Å². The molecule has 10 heteroatoms. The number of sulfonamides is 1. The molecule has 9 nitrogen and oxygen atoms in total. The fraction of sp³-hybridized carbons (Fsp3) is 0.562. The summed E-state index contributed by atoms with van der Waals surface area (Å²) in [5, 5.41) is 2.71. The number of fused-ring (bicyclic) bond motifs is 1. The van der Waals surface area contributed by atoms with E-state index >= 15 is 0 Å². The van der Waals surface area contributed by atoms with Crippen molar-refractivity contribution in [1.29, 1.82) is 0 Å². The first kappa shape index (κ1) is 18.9. The first-order valence-corrected chi connectivity index (χ1v) is 9.99. The monoisotopic (exact) mass is 385 g/mol. The minimum atomic E-state index is -3.81. The Morgan fingerprint density at radius 2 is 1.81 bits per heavy atom. The van der Waals surface area contributed by atoms with Gasteiger partial charge in [-0.15, -0.1) is 0 Å². The summed E-state index contributed by atoms with van der Waals surface area (Å²) in [6, 6.07) is 4.37. The Balaban J connectivity index is 1.46. The van der Waals surface area contributed by atoms with E-state index in [1.54, 1.807) is 6.07 Å². The van der Waals surface area contributed by atoms with Crippen molar-refractivity contribution < 1.29 is 27.4 Å². The van der Waals surface area contributed by atoms with Crippen LogP contribution in [0, 0.1) is 0 Å².